The molecule has 164 valence electrons. The summed E-state index contributed by atoms with van der Waals surface area (Å²) in [5, 5.41) is 4.99. The van der Waals surface area contributed by atoms with Crippen molar-refractivity contribution in [2.45, 2.75) is 38.5 Å². The van der Waals surface area contributed by atoms with Crippen LogP contribution in [-0.2, 0) is 33.9 Å². The van der Waals surface area contributed by atoms with Gasteiger partial charge < -0.3 is 14.4 Å². The molecule has 0 aliphatic carbocycles. The first-order valence-electron chi connectivity index (χ1n) is 10.4. The van der Waals surface area contributed by atoms with E-state index in [4.69, 9.17) is 9.47 Å². The average molecular weight is 435 g/mol. The number of para-hydroxylation sites is 1. The molecule has 0 bridgehead atoms. The third-order valence-corrected chi connectivity index (χ3v) is 5.91. The molecular formula is C23H21N3O6. The Kier molecular flexibility index (Phi) is 5.01. The smallest absolute Gasteiger partial charge is 0.412 e. The van der Waals surface area contributed by atoms with Crippen molar-refractivity contribution < 1.29 is 28.7 Å². The highest BCUT2D eigenvalue weighted by atomic mass is 16.5. The maximum Gasteiger partial charge on any atom is 0.412 e. The summed E-state index contributed by atoms with van der Waals surface area (Å²) >= 11 is 0. The van der Waals surface area contributed by atoms with E-state index in [1.54, 1.807) is 24.3 Å². The van der Waals surface area contributed by atoms with E-state index in [9.17, 15) is 19.2 Å². The summed E-state index contributed by atoms with van der Waals surface area (Å²) in [7, 11) is 0. The Balaban J connectivity index is 1.22. The van der Waals surface area contributed by atoms with Crippen LogP contribution >= 0.6 is 0 Å². The fraction of sp³-hybridized carbons (Fsp3) is 0.304. The first kappa shape index (κ1) is 20.0. The minimum Gasteiger partial charge on any atom is -0.491 e. The molecule has 9 heteroatoms. The van der Waals surface area contributed by atoms with Crippen LogP contribution in [0.2, 0.25) is 0 Å². The molecule has 3 aliphatic rings. The first-order valence-corrected chi connectivity index (χ1v) is 10.4. The number of nitrogens with one attached hydrogen (secondary N) is 2. The molecule has 4 amide bonds. The second kappa shape index (κ2) is 7.99. The standard InChI is InChI=1S/C23H21N3O6/c27-19-7-6-18(21(28)25-19)26-11-15-5-4-13(10-16(15)22(26)29)12-32-23(30)24-17-3-1-2-14-8-9-31-20(14)17/h1-5,10,18H,6-9,11-12H2,(H,24,30)(H,25,27,28). The Morgan fingerprint density at radius 2 is 2.03 bits per heavy atom. The molecule has 2 aromatic rings. The van der Waals surface area contributed by atoms with Crippen LogP contribution in [0.3, 0.4) is 0 Å². The largest absolute Gasteiger partial charge is 0.491 e. The van der Waals surface area contributed by atoms with E-state index in [0.717, 1.165) is 17.5 Å². The van der Waals surface area contributed by atoms with Crippen molar-refractivity contribution in [2.24, 2.45) is 0 Å². The Morgan fingerprint density at radius 1 is 1.16 bits per heavy atom. The Labute approximate surface area is 183 Å². The first-order chi connectivity index (χ1) is 15.5. The molecule has 2 aromatic carbocycles. The number of carbonyl (C=O) groups is 4. The van der Waals surface area contributed by atoms with Crippen LogP contribution in [0.5, 0.6) is 5.75 Å². The summed E-state index contributed by atoms with van der Waals surface area (Å²) in [6.07, 6.45) is 0.707. The molecule has 0 spiro atoms. The Bertz CT molecular complexity index is 1140. The number of imide groups is 1. The molecule has 9 nitrogen and oxygen atoms in total. The quantitative estimate of drug-likeness (QED) is 0.712. The van der Waals surface area contributed by atoms with Crippen LogP contribution in [0.15, 0.2) is 36.4 Å². The molecule has 1 saturated heterocycles. The number of amides is 4. The van der Waals surface area contributed by atoms with Gasteiger partial charge >= 0.3 is 6.09 Å². The van der Waals surface area contributed by atoms with E-state index < -0.39 is 18.0 Å². The normalized spacial score (nSPS) is 19.2. The van der Waals surface area contributed by atoms with Gasteiger partial charge in [-0.25, -0.2) is 4.79 Å². The highest BCUT2D eigenvalue weighted by molar-refractivity contribution is 6.05. The number of nitrogens with zero attached hydrogens (tertiary/aromatic N) is 1. The number of piperidine rings is 1. The molecule has 1 unspecified atom stereocenters. The highest BCUT2D eigenvalue weighted by Crippen LogP contribution is 2.33. The summed E-state index contributed by atoms with van der Waals surface area (Å²) in [6, 6.07) is 10.2. The number of anilines is 1. The van der Waals surface area contributed by atoms with E-state index in [2.05, 4.69) is 10.6 Å². The van der Waals surface area contributed by atoms with Crippen LogP contribution in [0.1, 0.15) is 39.9 Å². The molecule has 5 rings (SSSR count). The molecule has 32 heavy (non-hydrogen) atoms. The van der Waals surface area contributed by atoms with Crippen LogP contribution in [0, 0.1) is 0 Å². The van der Waals surface area contributed by atoms with E-state index in [-0.39, 0.29) is 24.8 Å². The Morgan fingerprint density at radius 3 is 2.88 bits per heavy atom. The highest BCUT2D eigenvalue weighted by Gasteiger charge is 2.39. The van der Waals surface area contributed by atoms with Gasteiger partial charge in [-0.2, -0.15) is 0 Å². The van der Waals surface area contributed by atoms with Crippen LogP contribution in [0.4, 0.5) is 10.5 Å². The molecule has 0 saturated carbocycles. The monoisotopic (exact) mass is 435 g/mol. The van der Waals surface area contributed by atoms with Gasteiger partial charge in [0.2, 0.25) is 11.8 Å². The van der Waals surface area contributed by atoms with E-state index >= 15 is 0 Å². The maximum absolute atomic E-state index is 12.9. The summed E-state index contributed by atoms with van der Waals surface area (Å²) < 4.78 is 10.9. The lowest BCUT2D eigenvalue weighted by Crippen LogP contribution is -2.52. The van der Waals surface area contributed by atoms with Crippen LogP contribution < -0.4 is 15.4 Å². The third kappa shape index (κ3) is 3.66. The SMILES string of the molecule is O=C1CCC(N2Cc3ccc(COC(=O)Nc4cccc5c4OCC5)cc3C2=O)C(=O)N1. The third-order valence-electron chi connectivity index (χ3n) is 5.91. The number of rotatable bonds is 4. The summed E-state index contributed by atoms with van der Waals surface area (Å²) in [6.45, 7) is 0.879. The second-order valence-electron chi connectivity index (χ2n) is 7.98. The van der Waals surface area contributed by atoms with Crippen molar-refractivity contribution in [3.05, 3.63) is 58.7 Å². The van der Waals surface area contributed by atoms with Gasteiger partial charge in [0.15, 0.2) is 0 Å². The zero-order chi connectivity index (χ0) is 22.2. The predicted molar refractivity (Wildman–Crippen MR) is 112 cm³/mol. The summed E-state index contributed by atoms with van der Waals surface area (Å²) in [5.74, 6) is -0.363. The summed E-state index contributed by atoms with van der Waals surface area (Å²) in [5.41, 5.74) is 3.54. The van der Waals surface area contributed by atoms with Crippen LogP contribution in [0.25, 0.3) is 0 Å². The summed E-state index contributed by atoms with van der Waals surface area (Å²) in [4.78, 5) is 50.2. The lowest BCUT2D eigenvalue weighted by Gasteiger charge is -2.29. The van der Waals surface area contributed by atoms with E-state index in [1.807, 2.05) is 12.1 Å². The van der Waals surface area contributed by atoms with E-state index in [0.29, 0.717) is 42.1 Å². The molecule has 3 aliphatic heterocycles. The Hall–Kier alpha value is -3.88. The zero-order valence-electron chi connectivity index (χ0n) is 17.2. The topological polar surface area (TPSA) is 114 Å². The molecule has 1 atom stereocenters. The molecular weight excluding hydrogens is 414 g/mol. The molecule has 0 aromatic heterocycles. The lowest BCUT2D eigenvalue weighted by atomic mass is 10.0. The van der Waals surface area contributed by atoms with Gasteiger partial charge in [-0.05, 0) is 35.2 Å². The van der Waals surface area contributed by atoms with Crippen molar-refractivity contribution in [3.63, 3.8) is 0 Å². The minimum atomic E-state index is -0.659. The lowest BCUT2D eigenvalue weighted by molar-refractivity contribution is -0.136. The second-order valence-corrected chi connectivity index (χ2v) is 7.98. The maximum atomic E-state index is 12.9. The minimum absolute atomic E-state index is 0.0132. The number of carbonyl (C=O) groups excluding carboxylic acids is 4. The van der Waals surface area contributed by atoms with Crippen molar-refractivity contribution in [1.82, 2.24) is 10.2 Å². The fourth-order valence-corrected chi connectivity index (χ4v) is 4.30. The number of hydrogen-bond acceptors (Lipinski definition) is 6. The molecule has 0 radical (unpaired) electrons. The number of hydrogen-bond donors (Lipinski definition) is 2. The molecule has 1 fully saturated rings. The van der Waals surface area contributed by atoms with Crippen molar-refractivity contribution in [2.75, 3.05) is 11.9 Å². The molecule has 3 heterocycles. The van der Waals surface area contributed by atoms with Gasteiger partial charge in [-0.3, -0.25) is 25.0 Å². The predicted octanol–water partition coefficient (Wildman–Crippen LogP) is 2.13. The van der Waals surface area contributed by atoms with E-state index in [1.165, 1.54) is 4.90 Å². The van der Waals surface area contributed by atoms with Gasteiger partial charge in [0.1, 0.15) is 18.4 Å². The zero-order valence-corrected chi connectivity index (χ0v) is 17.2. The fourth-order valence-electron chi connectivity index (χ4n) is 4.30. The number of fused-ring (bicyclic) bond motifs is 2. The average Bonchev–Trinajstić information content (AvgIpc) is 3.38. The van der Waals surface area contributed by atoms with Gasteiger partial charge in [-0.15, -0.1) is 0 Å². The van der Waals surface area contributed by atoms with Gasteiger partial charge in [0.05, 0.1) is 12.3 Å². The van der Waals surface area contributed by atoms with Crippen molar-refractivity contribution in [3.8, 4) is 5.75 Å². The van der Waals surface area contributed by atoms with Gasteiger partial charge in [0.25, 0.3) is 5.91 Å². The van der Waals surface area contributed by atoms with Crippen LogP contribution in [-0.4, -0.2) is 41.4 Å². The molecule has 2 N–H and O–H groups in total. The van der Waals surface area contributed by atoms with Gasteiger partial charge in [-0.1, -0.05) is 24.3 Å². The van der Waals surface area contributed by atoms with Crippen molar-refractivity contribution >= 4 is 29.5 Å². The number of ether oxygens (including phenoxy) is 2. The number of benzene rings is 2. The van der Waals surface area contributed by atoms with Crippen molar-refractivity contribution in [1.29, 1.82) is 0 Å². The van der Waals surface area contributed by atoms with Gasteiger partial charge in [0, 0.05) is 24.9 Å².